The van der Waals surface area contributed by atoms with Crippen molar-refractivity contribution in [2.45, 2.75) is 51.0 Å². The van der Waals surface area contributed by atoms with Gasteiger partial charge in [-0.05, 0) is 41.5 Å². The Balaban J connectivity index is 1.35. The zero-order valence-electron chi connectivity index (χ0n) is 18.8. The van der Waals surface area contributed by atoms with Crippen LogP contribution in [0.4, 0.5) is 4.79 Å². The standard InChI is InChI=1S/C26H30N2O5/c1-2-8-22(23(29)30)28-24(31)26(13-7-14-26)16-27-25(32)33-15-21-19-11-5-3-9-17(19)18-10-4-6-12-20(18)21/h3-6,9-12,21-22H,2,7-8,13-16H2,1H3,(H,27,32)(H,28,31)(H,29,30). The minimum absolute atomic E-state index is 0.0329. The molecule has 0 aliphatic heterocycles. The summed E-state index contributed by atoms with van der Waals surface area (Å²) in [7, 11) is 0. The average molecular weight is 451 g/mol. The van der Waals surface area contributed by atoms with Crippen LogP contribution in [0, 0.1) is 5.41 Å². The van der Waals surface area contributed by atoms with Crippen molar-refractivity contribution in [3.8, 4) is 11.1 Å². The molecule has 0 radical (unpaired) electrons. The summed E-state index contributed by atoms with van der Waals surface area (Å²) in [4.78, 5) is 36.7. The van der Waals surface area contributed by atoms with Gasteiger partial charge in [0, 0.05) is 12.5 Å². The first-order valence-corrected chi connectivity index (χ1v) is 11.6. The fourth-order valence-electron chi connectivity index (χ4n) is 4.84. The molecule has 2 aliphatic carbocycles. The number of hydrogen-bond acceptors (Lipinski definition) is 4. The number of carboxylic acids is 1. The largest absolute Gasteiger partial charge is 0.480 e. The molecule has 3 N–H and O–H groups in total. The lowest BCUT2D eigenvalue weighted by Crippen LogP contribution is -2.55. The molecule has 1 atom stereocenters. The zero-order valence-corrected chi connectivity index (χ0v) is 18.8. The van der Waals surface area contributed by atoms with Crippen LogP contribution in [0.5, 0.6) is 0 Å². The highest BCUT2D eigenvalue weighted by Crippen LogP contribution is 2.44. The third-order valence-electron chi connectivity index (χ3n) is 6.89. The molecule has 1 unspecified atom stereocenters. The molecule has 0 spiro atoms. The summed E-state index contributed by atoms with van der Waals surface area (Å²) in [5.74, 6) is -1.38. The predicted octanol–water partition coefficient (Wildman–Crippen LogP) is 4.06. The minimum atomic E-state index is -1.04. The number of carbonyl (C=O) groups is 3. The topological polar surface area (TPSA) is 105 Å². The van der Waals surface area contributed by atoms with E-state index >= 15 is 0 Å². The van der Waals surface area contributed by atoms with Crippen LogP contribution in [0.25, 0.3) is 11.1 Å². The van der Waals surface area contributed by atoms with E-state index in [1.165, 1.54) is 0 Å². The number of carbonyl (C=O) groups excluding carboxylic acids is 2. The summed E-state index contributed by atoms with van der Waals surface area (Å²) in [5.41, 5.74) is 3.82. The molecule has 1 saturated carbocycles. The molecular weight excluding hydrogens is 420 g/mol. The molecule has 0 heterocycles. The maximum atomic E-state index is 12.8. The number of alkyl carbamates (subject to hydrolysis) is 1. The summed E-state index contributed by atoms with van der Waals surface area (Å²) < 4.78 is 5.57. The van der Waals surface area contributed by atoms with Crippen LogP contribution in [0.2, 0.25) is 0 Å². The number of nitrogens with one attached hydrogen (secondary N) is 2. The first-order valence-electron chi connectivity index (χ1n) is 11.6. The molecule has 2 aliphatic rings. The Morgan fingerprint density at radius 2 is 1.67 bits per heavy atom. The number of hydrogen-bond donors (Lipinski definition) is 3. The molecule has 2 amide bonds. The summed E-state index contributed by atoms with van der Waals surface area (Å²) in [6, 6.07) is 15.4. The van der Waals surface area contributed by atoms with Gasteiger partial charge in [-0.15, -0.1) is 0 Å². The van der Waals surface area contributed by atoms with Crippen molar-refractivity contribution in [2.24, 2.45) is 5.41 Å². The molecule has 4 rings (SSSR count). The van der Waals surface area contributed by atoms with Gasteiger partial charge in [-0.1, -0.05) is 68.3 Å². The molecule has 0 bridgehead atoms. The van der Waals surface area contributed by atoms with Crippen LogP contribution < -0.4 is 10.6 Å². The predicted molar refractivity (Wildman–Crippen MR) is 124 cm³/mol. The molecule has 7 heteroatoms. The summed E-state index contributed by atoms with van der Waals surface area (Å²) in [6.07, 6.45) is 2.55. The van der Waals surface area contributed by atoms with Gasteiger partial charge < -0.3 is 20.5 Å². The van der Waals surface area contributed by atoms with E-state index in [1.807, 2.05) is 31.2 Å². The Labute approximate surface area is 193 Å². The first kappa shape index (κ1) is 22.8. The lowest BCUT2D eigenvalue weighted by atomic mass is 9.68. The maximum Gasteiger partial charge on any atom is 0.407 e. The van der Waals surface area contributed by atoms with Crippen LogP contribution >= 0.6 is 0 Å². The Morgan fingerprint density at radius 3 is 2.18 bits per heavy atom. The van der Waals surface area contributed by atoms with E-state index in [9.17, 15) is 19.5 Å². The van der Waals surface area contributed by atoms with Crippen molar-refractivity contribution in [1.29, 1.82) is 0 Å². The van der Waals surface area contributed by atoms with Gasteiger partial charge in [0.25, 0.3) is 0 Å². The molecule has 0 saturated heterocycles. The Morgan fingerprint density at radius 1 is 1.06 bits per heavy atom. The van der Waals surface area contributed by atoms with E-state index in [-0.39, 0.29) is 25.0 Å². The second kappa shape index (κ2) is 9.65. The smallest absolute Gasteiger partial charge is 0.407 e. The van der Waals surface area contributed by atoms with Crippen LogP contribution in [0.3, 0.4) is 0 Å². The molecule has 0 aromatic heterocycles. The Hall–Kier alpha value is -3.35. The molecule has 174 valence electrons. The Bertz CT molecular complexity index is 1000. The lowest BCUT2D eigenvalue weighted by Gasteiger charge is -2.40. The van der Waals surface area contributed by atoms with Gasteiger partial charge in [-0.3, -0.25) is 4.79 Å². The van der Waals surface area contributed by atoms with E-state index in [2.05, 4.69) is 34.9 Å². The van der Waals surface area contributed by atoms with Gasteiger partial charge in [-0.25, -0.2) is 9.59 Å². The minimum Gasteiger partial charge on any atom is -0.480 e. The van der Waals surface area contributed by atoms with Crippen molar-refractivity contribution >= 4 is 18.0 Å². The van der Waals surface area contributed by atoms with Crippen molar-refractivity contribution < 1.29 is 24.2 Å². The van der Waals surface area contributed by atoms with Crippen LogP contribution in [-0.2, 0) is 14.3 Å². The monoisotopic (exact) mass is 450 g/mol. The molecular formula is C26H30N2O5. The fourth-order valence-corrected chi connectivity index (χ4v) is 4.84. The van der Waals surface area contributed by atoms with Crippen LogP contribution in [0.15, 0.2) is 48.5 Å². The summed E-state index contributed by atoms with van der Waals surface area (Å²) in [5, 5.41) is 14.7. The maximum absolute atomic E-state index is 12.8. The van der Waals surface area contributed by atoms with Gasteiger partial charge in [0.1, 0.15) is 12.6 Å². The molecule has 2 aromatic rings. The third kappa shape index (κ3) is 4.58. The van der Waals surface area contributed by atoms with E-state index in [0.717, 1.165) is 28.7 Å². The zero-order chi connectivity index (χ0) is 23.4. The fraction of sp³-hybridized carbons (Fsp3) is 0.423. The van der Waals surface area contributed by atoms with Crippen molar-refractivity contribution in [2.75, 3.05) is 13.2 Å². The average Bonchev–Trinajstić information content (AvgIpc) is 3.10. The molecule has 2 aromatic carbocycles. The van der Waals surface area contributed by atoms with Crippen molar-refractivity contribution in [3.63, 3.8) is 0 Å². The normalized spacial score (nSPS) is 16.6. The van der Waals surface area contributed by atoms with Crippen LogP contribution in [0.1, 0.15) is 56.1 Å². The highest BCUT2D eigenvalue weighted by Gasteiger charge is 2.45. The lowest BCUT2D eigenvalue weighted by molar-refractivity contribution is -0.145. The van der Waals surface area contributed by atoms with E-state index in [1.54, 1.807) is 0 Å². The second-order valence-electron chi connectivity index (χ2n) is 8.97. The van der Waals surface area contributed by atoms with Crippen LogP contribution in [-0.4, -0.2) is 42.3 Å². The first-order chi connectivity index (χ1) is 15.9. The number of amides is 2. The third-order valence-corrected chi connectivity index (χ3v) is 6.89. The van der Waals surface area contributed by atoms with E-state index in [0.29, 0.717) is 25.7 Å². The second-order valence-corrected chi connectivity index (χ2v) is 8.97. The number of ether oxygens (including phenoxy) is 1. The number of carboxylic acid groups (broad SMARTS) is 1. The number of rotatable bonds is 9. The number of fused-ring (bicyclic) bond motifs is 3. The summed E-state index contributed by atoms with van der Waals surface area (Å²) >= 11 is 0. The van der Waals surface area contributed by atoms with E-state index < -0.39 is 23.5 Å². The Kier molecular flexibility index (Phi) is 6.67. The van der Waals surface area contributed by atoms with Gasteiger partial charge in [-0.2, -0.15) is 0 Å². The summed E-state index contributed by atoms with van der Waals surface area (Å²) in [6.45, 7) is 2.21. The van der Waals surface area contributed by atoms with Gasteiger partial charge in [0.15, 0.2) is 0 Å². The van der Waals surface area contributed by atoms with Gasteiger partial charge >= 0.3 is 12.1 Å². The number of benzene rings is 2. The molecule has 33 heavy (non-hydrogen) atoms. The quantitative estimate of drug-likeness (QED) is 0.534. The number of aliphatic carboxylic acids is 1. The highest BCUT2D eigenvalue weighted by atomic mass is 16.5. The molecule has 1 fully saturated rings. The molecule has 7 nitrogen and oxygen atoms in total. The van der Waals surface area contributed by atoms with Crippen molar-refractivity contribution in [3.05, 3.63) is 59.7 Å². The van der Waals surface area contributed by atoms with Gasteiger partial charge in [0.05, 0.1) is 5.41 Å². The van der Waals surface area contributed by atoms with Crippen molar-refractivity contribution in [1.82, 2.24) is 10.6 Å². The van der Waals surface area contributed by atoms with Gasteiger partial charge in [0.2, 0.25) is 5.91 Å². The SMILES string of the molecule is CCCC(NC(=O)C1(CNC(=O)OCC2c3ccccc3-c3ccccc32)CCC1)C(=O)O. The van der Waals surface area contributed by atoms with E-state index in [4.69, 9.17) is 4.74 Å². The highest BCUT2D eigenvalue weighted by molar-refractivity contribution is 5.88.